The topological polar surface area (TPSA) is 66.6 Å². The summed E-state index contributed by atoms with van der Waals surface area (Å²) in [5, 5.41) is 0. The van der Waals surface area contributed by atoms with Gasteiger partial charge in [-0.15, -0.1) is 0 Å². The molecular weight excluding hydrogens is 208 g/mol. The predicted octanol–water partition coefficient (Wildman–Crippen LogP) is 1.48. The van der Waals surface area contributed by atoms with Gasteiger partial charge in [-0.25, -0.2) is 0 Å². The van der Waals surface area contributed by atoms with Gasteiger partial charge >= 0.3 is 0 Å². The van der Waals surface area contributed by atoms with Crippen LogP contribution in [0.15, 0.2) is 12.1 Å². The molecule has 90 valence electrons. The highest BCUT2D eigenvalue weighted by molar-refractivity contribution is 5.49. The van der Waals surface area contributed by atoms with Gasteiger partial charge in [0, 0.05) is 12.7 Å². The van der Waals surface area contributed by atoms with Crippen LogP contribution in [0.4, 0.5) is 5.69 Å². The van der Waals surface area contributed by atoms with Gasteiger partial charge in [-0.05, 0) is 19.9 Å². The van der Waals surface area contributed by atoms with Gasteiger partial charge in [0.05, 0.1) is 19.4 Å². The summed E-state index contributed by atoms with van der Waals surface area (Å²) in [6.45, 7) is 5.06. The lowest BCUT2D eigenvalue weighted by atomic mass is 10.4. The van der Waals surface area contributed by atoms with E-state index in [1.54, 1.807) is 12.1 Å². The third-order valence-corrected chi connectivity index (χ3v) is 1.94. The van der Waals surface area contributed by atoms with Crippen LogP contribution in [0.25, 0.3) is 0 Å². The van der Waals surface area contributed by atoms with Gasteiger partial charge in [0.2, 0.25) is 11.8 Å². The number of hydrogen-bond donors (Lipinski definition) is 1. The molecule has 0 aliphatic rings. The van der Waals surface area contributed by atoms with Crippen molar-refractivity contribution >= 4 is 5.69 Å². The highest BCUT2D eigenvalue weighted by Gasteiger charge is 2.07. The fraction of sp³-hybridized carbons (Fsp3) is 0.545. The molecule has 0 radical (unpaired) electrons. The van der Waals surface area contributed by atoms with Crippen molar-refractivity contribution in [1.82, 2.24) is 4.98 Å². The lowest BCUT2D eigenvalue weighted by Gasteiger charge is -2.14. The number of anilines is 1. The molecule has 0 aromatic carbocycles. The highest BCUT2D eigenvalue weighted by atomic mass is 16.5. The highest BCUT2D eigenvalue weighted by Crippen LogP contribution is 2.22. The molecule has 0 saturated carbocycles. The molecule has 5 heteroatoms. The summed E-state index contributed by atoms with van der Waals surface area (Å²) < 4.78 is 15.8. The van der Waals surface area contributed by atoms with Gasteiger partial charge in [-0.3, -0.25) is 0 Å². The Bertz CT molecular complexity index is 331. The molecule has 0 bridgehead atoms. The smallest absolute Gasteiger partial charge is 0.240 e. The molecule has 0 aliphatic carbocycles. The molecule has 0 amide bonds. The van der Waals surface area contributed by atoms with Crippen LogP contribution in [0, 0.1) is 0 Å². The molecule has 1 aromatic heterocycles. The predicted molar refractivity (Wildman–Crippen MR) is 61.8 cm³/mol. The van der Waals surface area contributed by atoms with Crippen molar-refractivity contribution in [3.05, 3.63) is 12.1 Å². The van der Waals surface area contributed by atoms with Crippen molar-refractivity contribution in [2.24, 2.45) is 0 Å². The molecule has 2 N–H and O–H groups in total. The van der Waals surface area contributed by atoms with Crippen molar-refractivity contribution < 1.29 is 14.2 Å². The fourth-order valence-corrected chi connectivity index (χ4v) is 1.19. The summed E-state index contributed by atoms with van der Waals surface area (Å²) >= 11 is 0. The third-order valence-electron chi connectivity index (χ3n) is 1.94. The zero-order chi connectivity index (χ0) is 12.0. The number of nitrogens with two attached hydrogens (primary N) is 1. The normalized spacial score (nSPS) is 12.2. The average molecular weight is 226 g/mol. The molecule has 0 aliphatic heterocycles. The first kappa shape index (κ1) is 12.6. The second kappa shape index (κ2) is 6.17. The Morgan fingerprint density at radius 2 is 2.19 bits per heavy atom. The molecule has 1 aromatic rings. The van der Waals surface area contributed by atoms with Gasteiger partial charge in [0.1, 0.15) is 6.10 Å². The van der Waals surface area contributed by atoms with Crippen molar-refractivity contribution in [1.29, 1.82) is 0 Å². The molecule has 16 heavy (non-hydrogen) atoms. The number of pyridine rings is 1. The largest absolute Gasteiger partial charge is 0.479 e. The van der Waals surface area contributed by atoms with Crippen LogP contribution in [0.2, 0.25) is 0 Å². The lowest BCUT2D eigenvalue weighted by molar-refractivity contribution is 0.0631. The number of nitrogens with zero attached hydrogens (tertiary/aromatic N) is 1. The van der Waals surface area contributed by atoms with E-state index in [0.717, 1.165) is 0 Å². The number of nitrogen functional groups attached to an aromatic ring is 1. The summed E-state index contributed by atoms with van der Waals surface area (Å²) in [7, 11) is 1.52. The lowest BCUT2D eigenvalue weighted by Crippen LogP contribution is -2.19. The Morgan fingerprint density at radius 3 is 2.81 bits per heavy atom. The molecule has 0 saturated heterocycles. The Morgan fingerprint density at radius 1 is 1.44 bits per heavy atom. The maximum absolute atomic E-state index is 5.64. The summed E-state index contributed by atoms with van der Waals surface area (Å²) in [5.74, 6) is 0.861. The van der Waals surface area contributed by atoms with Crippen LogP contribution in [0.5, 0.6) is 11.8 Å². The van der Waals surface area contributed by atoms with E-state index in [0.29, 0.717) is 30.7 Å². The average Bonchev–Trinajstić information content (AvgIpc) is 2.29. The first-order valence-corrected chi connectivity index (χ1v) is 5.22. The van der Waals surface area contributed by atoms with Crippen LogP contribution in [-0.2, 0) is 4.74 Å². The van der Waals surface area contributed by atoms with E-state index >= 15 is 0 Å². The van der Waals surface area contributed by atoms with Crippen molar-refractivity contribution in [3.63, 3.8) is 0 Å². The van der Waals surface area contributed by atoms with Crippen molar-refractivity contribution in [3.8, 4) is 11.8 Å². The number of ether oxygens (including phenoxy) is 3. The Balaban J connectivity index is 2.59. The van der Waals surface area contributed by atoms with Crippen LogP contribution in [0.1, 0.15) is 13.8 Å². The van der Waals surface area contributed by atoms with E-state index in [1.165, 1.54) is 7.11 Å². The van der Waals surface area contributed by atoms with Gasteiger partial charge in [-0.2, -0.15) is 4.98 Å². The molecule has 0 spiro atoms. The molecule has 1 rings (SSSR count). The Hall–Kier alpha value is -1.49. The minimum atomic E-state index is -0.0548. The number of aromatic nitrogens is 1. The number of methoxy groups -OCH3 is 1. The van der Waals surface area contributed by atoms with Crippen LogP contribution >= 0.6 is 0 Å². The summed E-state index contributed by atoms with van der Waals surface area (Å²) in [6.07, 6.45) is -0.0548. The van der Waals surface area contributed by atoms with E-state index in [-0.39, 0.29) is 6.10 Å². The molecule has 1 heterocycles. The van der Waals surface area contributed by atoms with E-state index in [4.69, 9.17) is 19.9 Å². The van der Waals surface area contributed by atoms with Gasteiger partial charge in [-0.1, -0.05) is 0 Å². The summed E-state index contributed by atoms with van der Waals surface area (Å²) in [4.78, 5) is 4.11. The minimum absolute atomic E-state index is 0.0548. The zero-order valence-electron chi connectivity index (χ0n) is 9.90. The van der Waals surface area contributed by atoms with Crippen molar-refractivity contribution in [2.45, 2.75) is 20.0 Å². The zero-order valence-corrected chi connectivity index (χ0v) is 9.90. The quantitative estimate of drug-likeness (QED) is 0.795. The van der Waals surface area contributed by atoms with Gasteiger partial charge < -0.3 is 19.9 Å². The standard InChI is InChI=1S/C11H18N2O3/c1-4-15-7-8(2)16-10-6-5-9(12)11(13-10)14-3/h5-6,8H,4,7,12H2,1-3H3. The van der Waals surface area contributed by atoms with Crippen LogP contribution in [-0.4, -0.2) is 31.4 Å². The van der Waals surface area contributed by atoms with Crippen molar-refractivity contribution in [2.75, 3.05) is 26.1 Å². The second-order valence-corrected chi connectivity index (χ2v) is 3.34. The third kappa shape index (κ3) is 3.58. The van der Waals surface area contributed by atoms with Gasteiger partial charge in [0.15, 0.2) is 0 Å². The van der Waals surface area contributed by atoms with E-state index < -0.39 is 0 Å². The van der Waals surface area contributed by atoms with Crippen LogP contribution < -0.4 is 15.2 Å². The SMILES string of the molecule is CCOCC(C)Oc1ccc(N)c(OC)n1. The maximum Gasteiger partial charge on any atom is 0.240 e. The van der Waals surface area contributed by atoms with Crippen LogP contribution in [0.3, 0.4) is 0 Å². The first-order chi connectivity index (χ1) is 7.67. The monoisotopic (exact) mass is 226 g/mol. The fourth-order valence-electron chi connectivity index (χ4n) is 1.19. The second-order valence-electron chi connectivity index (χ2n) is 3.34. The van der Waals surface area contributed by atoms with Gasteiger partial charge in [0.25, 0.3) is 0 Å². The number of hydrogen-bond acceptors (Lipinski definition) is 5. The summed E-state index contributed by atoms with van der Waals surface area (Å²) in [6, 6.07) is 3.41. The summed E-state index contributed by atoms with van der Waals surface area (Å²) in [5.41, 5.74) is 6.14. The molecule has 1 unspecified atom stereocenters. The Labute approximate surface area is 95.5 Å². The van der Waals surface area contributed by atoms with E-state index in [9.17, 15) is 0 Å². The first-order valence-electron chi connectivity index (χ1n) is 5.22. The Kier molecular flexibility index (Phi) is 4.85. The molecule has 0 fully saturated rings. The molecule has 1 atom stereocenters. The number of rotatable bonds is 6. The maximum atomic E-state index is 5.64. The molecule has 5 nitrogen and oxygen atoms in total. The minimum Gasteiger partial charge on any atom is -0.479 e. The molecular formula is C11H18N2O3. The van der Waals surface area contributed by atoms with E-state index in [1.807, 2.05) is 13.8 Å². The van der Waals surface area contributed by atoms with E-state index in [2.05, 4.69) is 4.98 Å².